The van der Waals surface area contributed by atoms with Crippen LogP contribution in [0.5, 0.6) is 11.5 Å². The predicted molar refractivity (Wildman–Crippen MR) is 127 cm³/mol. The summed E-state index contributed by atoms with van der Waals surface area (Å²) in [7, 11) is -4.06. The van der Waals surface area contributed by atoms with Gasteiger partial charge < -0.3 is 14.8 Å². The Kier molecular flexibility index (Phi) is 7.02. The third-order valence-corrected chi connectivity index (χ3v) is 7.43. The highest BCUT2D eigenvalue weighted by Crippen LogP contribution is 2.34. The van der Waals surface area contributed by atoms with Gasteiger partial charge >= 0.3 is 0 Å². The van der Waals surface area contributed by atoms with Crippen LogP contribution >= 0.6 is 34.8 Å². The van der Waals surface area contributed by atoms with E-state index in [1.807, 2.05) is 0 Å². The highest BCUT2D eigenvalue weighted by atomic mass is 35.5. The summed E-state index contributed by atoms with van der Waals surface area (Å²) in [5.74, 6) is 0.514. The summed E-state index contributed by atoms with van der Waals surface area (Å²) in [6.07, 6.45) is 0. The van der Waals surface area contributed by atoms with Gasteiger partial charge in [0.1, 0.15) is 0 Å². The number of rotatable bonds is 7. The van der Waals surface area contributed by atoms with E-state index >= 15 is 0 Å². The van der Waals surface area contributed by atoms with Crippen LogP contribution in [0.3, 0.4) is 0 Å². The number of hydrogen-bond acceptors (Lipinski definition) is 5. The lowest BCUT2D eigenvalue weighted by Gasteiger charge is -2.22. The first-order valence-corrected chi connectivity index (χ1v) is 12.2. The normalized spacial score (nSPS) is 12.7. The Balaban J connectivity index is 1.60. The first kappa shape index (κ1) is 23.7. The highest BCUT2D eigenvalue weighted by Gasteiger charge is 2.28. The fourth-order valence-corrected chi connectivity index (χ4v) is 5.13. The number of amides is 1. The topological polar surface area (TPSA) is 84.9 Å². The zero-order valence-electron chi connectivity index (χ0n) is 16.9. The van der Waals surface area contributed by atoms with Crippen molar-refractivity contribution in [3.8, 4) is 11.5 Å². The zero-order valence-corrected chi connectivity index (χ0v) is 20.0. The molecule has 1 amide bonds. The van der Waals surface area contributed by atoms with Gasteiger partial charge in [-0.3, -0.25) is 4.79 Å². The van der Waals surface area contributed by atoms with Crippen molar-refractivity contribution in [1.82, 2.24) is 4.31 Å². The lowest BCUT2D eigenvalue weighted by atomic mass is 10.2. The molecule has 4 rings (SSSR count). The second-order valence-corrected chi connectivity index (χ2v) is 10.3. The quantitative estimate of drug-likeness (QED) is 0.456. The van der Waals surface area contributed by atoms with Crippen LogP contribution in [0.1, 0.15) is 5.56 Å². The summed E-state index contributed by atoms with van der Waals surface area (Å²) in [6.45, 7) is -0.504. The van der Waals surface area contributed by atoms with Crippen LogP contribution in [0.15, 0.2) is 65.6 Å². The molecule has 1 aliphatic rings. The van der Waals surface area contributed by atoms with Crippen molar-refractivity contribution in [3.63, 3.8) is 0 Å². The monoisotopic (exact) mass is 526 g/mol. The Morgan fingerprint density at radius 3 is 2.33 bits per heavy atom. The largest absolute Gasteiger partial charge is 0.454 e. The second kappa shape index (κ2) is 9.79. The molecule has 0 aromatic heterocycles. The maximum absolute atomic E-state index is 13.4. The first-order valence-electron chi connectivity index (χ1n) is 9.61. The molecule has 0 unspecified atom stereocenters. The van der Waals surface area contributed by atoms with Gasteiger partial charge in [-0.15, -0.1) is 0 Å². The minimum Gasteiger partial charge on any atom is -0.454 e. The van der Waals surface area contributed by atoms with Crippen molar-refractivity contribution in [2.24, 2.45) is 0 Å². The van der Waals surface area contributed by atoms with Crippen molar-refractivity contribution < 1.29 is 22.7 Å². The number of fused-ring (bicyclic) bond motifs is 1. The number of halogens is 3. The van der Waals surface area contributed by atoms with Gasteiger partial charge in [-0.05, 0) is 54.1 Å². The Labute approximate surface area is 205 Å². The number of nitrogens with one attached hydrogen (secondary N) is 1. The minimum atomic E-state index is -4.06. The van der Waals surface area contributed by atoms with Crippen molar-refractivity contribution >= 4 is 56.4 Å². The molecule has 11 heteroatoms. The molecule has 0 saturated carbocycles. The number of ether oxygens (including phenoxy) is 2. The fraction of sp³-hybridized carbons (Fsp3) is 0.136. The number of benzene rings is 3. The Morgan fingerprint density at radius 1 is 0.909 bits per heavy atom. The van der Waals surface area contributed by atoms with Crippen LogP contribution in [-0.4, -0.2) is 32.0 Å². The first-order chi connectivity index (χ1) is 15.7. The molecule has 0 spiro atoms. The third kappa shape index (κ3) is 5.54. The number of hydrogen-bond donors (Lipinski definition) is 1. The number of anilines is 1. The molecule has 3 aromatic carbocycles. The van der Waals surface area contributed by atoms with E-state index in [1.54, 1.807) is 30.3 Å². The molecule has 1 heterocycles. The Morgan fingerprint density at radius 2 is 1.61 bits per heavy atom. The highest BCUT2D eigenvalue weighted by molar-refractivity contribution is 7.89. The van der Waals surface area contributed by atoms with Crippen LogP contribution in [0.4, 0.5) is 5.69 Å². The molecule has 0 saturated heterocycles. The summed E-state index contributed by atoms with van der Waals surface area (Å²) in [5, 5.41) is 3.78. The predicted octanol–water partition coefficient (Wildman–Crippen LogP) is 5.21. The lowest BCUT2D eigenvalue weighted by molar-refractivity contribution is -0.116. The van der Waals surface area contributed by atoms with Crippen LogP contribution in [0.2, 0.25) is 15.1 Å². The molecule has 0 atom stereocenters. The smallest absolute Gasteiger partial charge is 0.243 e. The lowest BCUT2D eigenvalue weighted by Crippen LogP contribution is -2.37. The second-order valence-electron chi connectivity index (χ2n) is 7.08. The Bertz CT molecular complexity index is 1300. The molecule has 0 aliphatic carbocycles. The summed E-state index contributed by atoms with van der Waals surface area (Å²) in [5.41, 5.74) is 0.937. The van der Waals surface area contributed by atoms with E-state index in [-0.39, 0.29) is 23.3 Å². The van der Waals surface area contributed by atoms with Crippen LogP contribution < -0.4 is 14.8 Å². The maximum Gasteiger partial charge on any atom is 0.243 e. The molecule has 172 valence electrons. The van der Waals surface area contributed by atoms with Gasteiger partial charge in [0, 0.05) is 33.4 Å². The average Bonchev–Trinajstić information content (AvgIpc) is 3.23. The van der Waals surface area contributed by atoms with E-state index < -0.39 is 22.5 Å². The van der Waals surface area contributed by atoms with E-state index in [2.05, 4.69) is 5.32 Å². The zero-order chi connectivity index (χ0) is 23.6. The molecule has 0 radical (unpaired) electrons. The average molecular weight is 528 g/mol. The third-order valence-electron chi connectivity index (χ3n) is 4.79. The summed E-state index contributed by atoms with van der Waals surface area (Å²) in [6, 6.07) is 15.3. The molecular weight excluding hydrogens is 511 g/mol. The van der Waals surface area contributed by atoms with Crippen LogP contribution in [0, 0.1) is 0 Å². The molecule has 33 heavy (non-hydrogen) atoms. The molecule has 7 nitrogen and oxygen atoms in total. The van der Waals surface area contributed by atoms with Crippen LogP contribution in [-0.2, 0) is 21.4 Å². The SMILES string of the molecule is O=C(CN(Cc1ccc(Cl)cc1Cl)S(=O)(=O)c1ccc(Cl)cc1)Nc1ccc2c(c1)OCO2. The summed E-state index contributed by atoms with van der Waals surface area (Å²) < 4.78 is 38.3. The van der Waals surface area contributed by atoms with Gasteiger partial charge in [0.25, 0.3) is 0 Å². The van der Waals surface area contributed by atoms with Gasteiger partial charge in [0.15, 0.2) is 11.5 Å². The van der Waals surface area contributed by atoms with Gasteiger partial charge in [0.05, 0.1) is 11.4 Å². The van der Waals surface area contributed by atoms with E-state index in [4.69, 9.17) is 44.3 Å². The van der Waals surface area contributed by atoms with E-state index in [1.165, 1.54) is 30.3 Å². The summed E-state index contributed by atoms with van der Waals surface area (Å²) >= 11 is 18.1. The van der Waals surface area contributed by atoms with Gasteiger partial charge in [-0.2, -0.15) is 4.31 Å². The number of nitrogens with zero attached hydrogens (tertiary/aromatic N) is 1. The molecule has 1 aliphatic heterocycles. The van der Waals surface area contributed by atoms with E-state index in [0.29, 0.717) is 32.8 Å². The molecule has 1 N–H and O–H groups in total. The van der Waals surface area contributed by atoms with Crippen molar-refractivity contribution in [1.29, 1.82) is 0 Å². The standard InChI is InChI=1S/C22H17Cl3N2O5S/c23-15-3-6-18(7-4-15)33(29,30)27(11-14-1-2-16(24)9-19(14)25)12-22(28)26-17-5-8-20-21(10-17)32-13-31-20/h1-10H,11-13H2,(H,26,28). The van der Waals surface area contributed by atoms with Crippen LogP contribution in [0.25, 0.3) is 0 Å². The molecular formula is C22H17Cl3N2O5S. The molecule has 0 fully saturated rings. The van der Waals surface area contributed by atoms with Crippen molar-refractivity contribution in [2.75, 3.05) is 18.7 Å². The van der Waals surface area contributed by atoms with Gasteiger partial charge in [0.2, 0.25) is 22.7 Å². The van der Waals surface area contributed by atoms with Crippen molar-refractivity contribution in [2.45, 2.75) is 11.4 Å². The minimum absolute atomic E-state index is 0.00661. The fourth-order valence-electron chi connectivity index (χ4n) is 3.16. The van der Waals surface area contributed by atoms with E-state index in [0.717, 1.165) is 4.31 Å². The van der Waals surface area contributed by atoms with Gasteiger partial charge in [-0.1, -0.05) is 40.9 Å². The molecule has 0 bridgehead atoms. The maximum atomic E-state index is 13.4. The number of carbonyl (C=O) groups excluding carboxylic acids is 1. The number of carbonyl (C=O) groups is 1. The van der Waals surface area contributed by atoms with Crippen molar-refractivity contribution in [3.05, 3.63) is 81.3 Å². The number of sulfonamides is 1. The Hall–Kier alpha value is -2.49. The summed E-state index contributed by atoms with van der Waals surface area (Å²) in [4.78, 5) is 12.8. The van der Waals surface area contributed by atoms with Gasteiger partial charge in [-0.25, -0.2) is 8.42 Å². The van der Waals surface area contributed by atoms with E-state index in [9.17, 15) is 13.2 Å². The molecule has 3 aromatic rings.